The molecular weight excluding hydrogens is 523 g/mol. The summed E-state index contributed by atoms with van der Waals surface area (Å²) >= 11 is 0. The number of carbonyl (C=O) groups is 2. The van der Waals surface area contributed by atoms with Gasteiger partial charge in [-0.1, -0.05) is 20.4 Å². The number of alkyl halides is 1. The van der Waals surface area contributed by atoms with Crippen LogP contribution in [0.2, 0.25) is 0 Å². The lowest BCUT2D eigenvalue weighted by molar-refractivity contribution is -0.134. The molecule has 2 aromatic rings. The Morgan fingerprint density at radius 3 is 2.51 bits per heavy atom. The molecule has 39 heavy (non-hydrogen) atoms. The Morgan fingerprint density at radius 2 is 1.92 bits per heavy atom. The van der Waals surface area contributed by atoms with Gasteiger partial charge >= 0.3 is 0 Å². The van der Waals surface area contributed by atoms with Gasteiger partial charge in [0, 0.05) is 55.3 Å². The third-order valence-corrected chi connectivity index (χ3v) is 9.78. The number of piperazine rings is 1. The van der Waals surface area contributed by atoms with Crippen LogP contribution in [0.25, 0.3) is 10.9 Å². The van der Waals surface area contributed by atoms with Crippen LogP contribution in [-0.4, -0.2) is 90.8 Å². The third-order valence-electron chi connectivity index (χ3n) is 8.16. The van der Waals surface area contributed by atoms with Crippen molar-refractivity contribution >= 4 is 38.4 Å². The number of rotatable bonds is 8. The van der Waals surface area contributed by atoms with E-state index in [1.807, 2.05) is 25.7 Å². The molecule has 12 heteroatoms. The van der Waals surface area contributed by atoms with Crippen LogP contribution in [0.5, 0.6) is 0 Å². The summed E-state index contributed by atoms with van der Waals surface area (Å²) in [6.45, 7) is 11.0. The van der Waals surface area contributed by atoms with E-state index in [0.717, 1.165) is 23.9 Å². The van der Waals surface area contributed by atoms with Crippen LogP contribution in [0.4, 0.5) is 10.1 Å². The van der Waals surface area contributed by atoms with Gasteiger partial charge in [-0.15, -0.1) is 0 Å². The minimum absolute atomic E-state index is 0.0862. The molecule has 10 nitrogen and oxygen atoms in total. The zero-order valence-electron chi connectivity index (χ0n) is 22.8. The molecule has 1 aromatic carbocycles. The van der Waals surface area contributed by atoms with Crippen molar-refractivity contribution in [2.45, 2.75) is 62.6 Å². The van der Waals surface area contributed by atoms with E-state index < -0.39 is 28.3 Å². The lowest BCUT2D eigenvalue weighted by Gasteiger charge is -2.37. The molecule has 5 rings (SSSR count). The van der Waals surface area contributed by atoms with Crippen LogP contribution in [0, 0.1) is 5.92 Å². The van der Waals surface area contributed by atoms with Crippen molar-refractivity contribution in [1.29, 1.82) is 0 Å². The molecule has 2 atom stereocenters. The number of nitrogens with one attached hydrogen (secondary N) is 1. The molecule has 3 heterocycles. The molecule has 1 saturated carbocycles. The highest BCUT2D eigenvalue weighted by Gasteiger charge is 2.42. The number of hydrogen-bond acceptors (Lipinski definition) is 6. The Labute approximate surface area is 228 Å². The van der Waals surface area contributed by atoms with E-state index in [0.29, 0.717) is 38.1 Å². The van der Waals surface area contributed by atoms with Crippen LogP contribution in [0.3, 0.4) is 0 Å². The number of hydrogen-bond donors (Lipinski definition) is 1. The van der Waals surface area contributed by atoms with Crippen molar-refractivity contribution in [1.82, 2.24) is 24.3 Å². The summed E-state index contributed by atoms with van der Waals surface area (Å²) in [5.74, 6) is -0.318. The molecule has 1 N–H and O–H groups in total. The Hall–Kier alpha value is -2.99. The first-order valence-electron chi connectivity index (χ1n) is 13.5. The van der Waals surface area contributed by atoms with Crippen LogP contribution >= 0.6 is 0 Å². The van der Waals surface area contributed by atoms with Crippen LogP contribution in [-0.2, 0) is 19.6 Å². The summed E-state index contributed by atoms with van der Waals surface area (Å²) in [5, 5.41) is 5.40. The number of carbonyl (C=O) groups excluding carboxylic acids is 2. The molecule has 2 aliphatic heterocycles. The second-order valence-electron chi connectivity index (χ2n) is 11.5. The fourth-order valence-electron chi connectivity index (χ4n) is 5.62. The van der Waals surface area contributed by atoms with Crippen molar-refractivity contribution in [2.24, 2.45) is 5.92 Å². The number of nitrogens with zero attached hydrogens (tertiary/aromatic N) is 5. The maximum Gasteiger partial charge on any atom is 0.246 e. The van der Waals surface area contributed by atoms with Crippen LogP contribution in [0.1, 0.15) is 46.1 Å². The van der Waals surface area contributed by atoms with Gasteiger partial charge in [-0.05, 0) is 44.4 Å². The maximum atomic E-state index is 13.8. The fourth-order valence-corrected chi connectivity index (χ4v) is 7.12. The summed E-state index contributed by atoms with van der Waals surface area (Å²) in [6.07, 6.45) is 4.83. The van der Waals surface area contributed by atoms with Gasteiger partial charge in [-0.3, -0.25) is 14.3 Å². The van der Waals surface area contributed by atoms with Crippen molar-refractivity contribution in [3.8, 4) is 0 Å². The highest BCUT2D eigenvalue weighted by atomic mass is 32.2. The number of halogens is 1. The molecule has 3 aliphatic rings. The summed E-state index contributed by atoms with van der Waals surface area (Å²) in [4.78, 5) is 30.4. The Kier molecular flexibility index (Phi) is 7.21. The lowest BCUT2D eigenvalue weighted by atomic mass is 10.1. The molecule has 0 bridgehead atoms. The predicted octanol–water partition coefficient (Wildman–Crippen LogP) is 2.47. The Bertz CT molecular complexity index is 1390. The molecular formula is C27H37FN6O4S. The number of aromatic nitrogens is 2. The van der Waals surface area contributed by atoms with Gasteiger partial charge in [0.15, 0.2) is 0 Å². The van der Waals surface area contributed by atoms with E-state index in [1.165, 1.54) is 11.0 Å². The van der Waals surface area contributed by atoms with Gasteiger partial charge < -0.3 is 14.7 Å². The monoisotopic (exact) mass is 560 g/mol. The number of likely N-dealkylation sites (tertiary alicyclic amines) is 1. The van der Waals surface area contributed by atoms with Gasteiger partial charge in [0.25, 0.3) is 0 Å². The van der Waals surface area contributed by atoms with Crippen LogP contribution in [0.15, 0.2) is 35.9 Å². The van der Waals surface area contributed by atoms with Gasteiger partial charge in [0.05, 0.1) is 28.7 Å². The molecule has 2 amide bonds. The number of amides is 2. The second kappa shape index (κ2) is 10.2. The fraction of sp³-hybridized carbons (Fsp3) is 0.593. The normalized spacial score (nSPS) is 23.1. The van der Waals surface area contributed by atoms with E-state index in [9.17, 15) is 22.4 Å². The van der Waals surface area contributed by atoms with Crippen molar-refractivity contribution < 1.29 is 22.4 Å². The number of benzene rings is 1. The Balaban J connectivity index is 1.53. The van der Waals surface area contributed by atoms with E-state index in [2.05, 4.69) is 21.3 Å². The molecule has 1 aliphatic carbocycles. The third kappa shape index (κ3) is 5.28. The van der Waals surface area contributed by atoms with E-state index in [1.54, 1.807) is 23.0 Å². The first-order chi connectivity index (χ1) is 18.5. The van der Waals surface area contributed by atoms with Crippen LogP contribution < -0.4 is 9.62 Å². The molecule has 1 aromatic heterocycles. The molecule has 2 saturated heterocycles. The first-order valence-corrected chi connectivity index (χ1v) is 15.0. The number of anilines is 1. The number of fused-ring (bicyclic) bond motifs is 1. The minimum Gasteiger partial charge on any atom is -0.367 e. The summed E-state index contributed by atoms with van der Waals surface area (Å²) in [5.41, 5.74) is 0.906. The molecule has 3 fully saturated rings. The SMILES string of the molecule is C=CC(=O)N1C[C@@H](n2ncc3c(N4CCN(C(=O)C(C)C)CC4)cc(S(=O)(=O)NC4(C)CC4)cc32)C[C@@H]1CF. The quantitative estimate of drug-likeness (QED) is 0.497. The average Bonchev–Trinajstić information content (AvgIpc) is 3.30. The van der Waals surface area contributed by atoms with Crippen molar-refractivity contribution in [2.75, 3.05) is 44.3 Å². The molecule has 0 spiro atoms. The van der Waals surface area contributed by atoms with Gasteiger partial charge in [-0.25, -0.2) is 17.5 Å². The zero-order chi connectivity index (χ0) is 28.1. The molecule has 0 unspecified atom stereocenters. The minimum atomic E-state index is -3.83. The average molecular weight is 561 g/mol. The summed E-state index contributed by atoms with van der Waals surface area (Å²) in [7, 11) is -3.83. The molecule has 212 valence electrons. The molecule has 0 radical (unpaired) electrons. The maximum absolute atomic E-state index is 13.8. The van der Waals surface area contributed by atoms with E-state index in [4.69, 9.17) is 0 Å². The van der Waals surface area contributed by atoms with Crippen molar-refractivity contribution in [3.05, 3.63) is 31.0 Å². The summed E-state index contributed by atoms with van der Waals surface area (Å²) in [6, 6.07) is 2.41. The van der Waals surface area contributed by atoms with Gasteiger partial charge in [0.2, 0.25) is 21.8 Å². The first kappa shape index (κ1) is 27.6. The topological polar surface area (TPSA) is 108 Å². The van der Waals surface area contributed by atoms with E-state index >= 15 is 0 Å². The largest absolute Gasteiger partial charge is 0.367 e. The standard InChI is InChI=1S/C27H37FN6O4S/c1-5-25(35)33-17-20(12-19(33)15-28)34-24-14-21(39(37,38)30-27(4)6-7-27)13-23(22(24)16-29-34)31-8-10-32(11-9-31)26(36)18(2)3/h5,13-14,16,18-20,30H,1,6-12,15,17H2,2-4H3/t19-,20+/m1/s1. The van der Waals surface area contributed by atoms with Gasteiger partial charge in [-0.2, -0.15) is 5.10 Å². The predicted molar refractivity (Wildman–Crippen MR) is 147 cm³/mol. The highest BCUT2D eigenvalue weighted by Crippen LogP contribution is 2.39. The van der Waals surface area contributed by atoms with E-state index in [-0.39, 0.29) is 35.2 Å². The second-order valence-corrected chi connectivity index (χ2v) is 13.2. The lowest BCUT2D eigenvalue weighted by Crippen LogP contribution is -2.50. The Morgan fingerprint density at radius 1 is 1.23 bits per heavy atom. The summed E-state index contributed by atoms with van der Waals surface area (Å²) < 4.78 is 45.4. The van der Waals surface area contributed by atoms with Crippen molar-refractivity contribution in [3.63, 3.8) is 0 Å². The smallest absolute Gasteiger partial charge is 0.246 e. The highest BCUT2D eigenvalue weighted by molar-refractivity contribution is 7.89. The van der Waals surface area contributed by atoms with Gasteiger partial charge in [0.1, 0.15) is 6.67 Å². The zero-order valence-corrected chi connectivity index (χ0v) is 23.6. The number of sulfonamides is 1.